The van der Waals surface area contributed by atoms with E-state index in [1.807, 2.05) is 160 Å². The number of Topliss-reactive ketones (excluding diaryl/α,β-unsaturated/α-hetero) is 1. The van der Waals surface area contributed by atoms with Crippen molar-refractivity contribution < 1.29 is 23.5 Å². The van der Waals surface area contributed by atoms with E-state index in [2.05, 4.69) is 31.8 Å². The fraction of sp³-hybridized carbons (Fsp3) is 0.310. The second-order valence-electron chi connectivity index (χ2n) is 20.4. The number of ketones is 1. The Morgan fingerprint density at radius 2 is 1.23 bits per heavy atom. The van der Waals surface area contributed by atoms with E-state index in [9.17, 15) is 9.59 Å². The number of thiophene rings is 1. The molecule has 0 aliphatic carbocycles. The molecule has 368 valence electrons. The minimum Gasteiger partial charge on any atom is -0.444 e. The van der Waals surface area contributed by atoms with Gasteiger partial charge in [0.2, 0.25) is 5.89 Å². The smallest absolute Gasteiger partial charge is 0.333 e. The van der Waals surface area contributed by atoms with Gasteiger partial charge in [0, 0.05) is 13.0 Å². The van der Waals surface area contributed by atoms with E-state index >= 15 is 14.4 Å². The van der Waals surface area contributed by atoms with Gasteiger partial charge in [-0.05, 0) is 87.5 Å². The SMILES string of the molecule is CCc1ccccc1C(Cn1c(=O)n(C(C)(C)C(=O)CC(C)(C)[Si](O)(c2ccccc2)c2ccccc2)c(=O)c2c(C)c(-c3ncco3)sc21)OCCCC(C)(C)[Si](O)(c1ccccc1)c1ccccc1. The molecular weight excluding hydrogens is 939 g/mol. The third-order valence-electron chi connectivity index (χ3n) is 14.8. The number of aryl methyl sites for hydroxylation is 2. The van der Waals surface area contributed by atoms with Gasteiger partial charge in [-0.3, -0.25) is 14.2 Å². The Morgan fingerprint density at radius 3 is 1.72 bits per heavy atom. The molecule has 0 fully saturated rings. The summed E-state index contributed by atoms with van der Waals surface area (Å²) in [6, 6.07) is 47.0. The molecule has 2 N–H and O–H groups in total. The minimum atomic E-state index is -3.67. The monoisotopic (exact) mass is 1000 g/mol. The maximum atomic E-state index is 15.6. The van der Waals surface area contributed by atoms with Crippen LogP contribution >= 0.6 is 11.3 Å². The van der Waals surface area contributed by atoms with E-state index in [4.69, 9.17) is 9.15 Å². The van der Waals surface area contributed by atoms with Crippen LogP contribution in [0.2, 0.25) is 10.1 Å². The van der Waals surface area contributed by atoms with Crippen LogP contribution in [0.4, 0.5) is 0 Å². The van der Waals surface area contributed by atoms with Gasteiger partial charge in [-0.1, -0.05) is 180 Å². The molecule has 0 amide bonds. The summed E-state index contributed by atoms with van der Waals surface area (Å²) in [7, 11) is -6.96. The summed E-state index contributed by atoms with van der Waals surface area (Å²) < 4.78 is 15.5. The van der Waals surface area contributed by atoms with E-state index in [0.717, 1.165) is 36.4 Å². The molecule has 3 aromatic heterocycles. The summed E-state index contributed by atoms with van der Waals surface area (Å²) in [5.74, 6) is -0.0504. The largest absolute Gasteiger partial charge is 0.444 e. The Morgan fingerprint density at radius 1 is 0.732 bits per heavy atom. The number of hydrogen-bond acceptors (Lipinski definition) is 9. The zero-order valence-corrected chi connectivity index (χ0v) is 44.8. The Bertz CT molecular complexity index is 3140. The first-order chi connectivity index (χ1) is 33.9. The highest BCUT2D eigenvalue weighted by molar-refractivity contribution is 7.22. The fourth-order valence-corrected chi connectivity index (χ4v) is 19.2. The molecule has 5 aromatic carbocycles. The number of oxazole rings is 1. The van der Waals surface area contributed by atoms with Crippen LogP contribution in [0.1, 0.15) is 90.5 Å². The Balaban J connectivity index is 1.19. The summed E-state index contributed by atoms with van der Waals surface area (Å²) in [6.07, 6.45) is 4.22. The predicted octanol–water partition coefficient (Wildman–Crippen LogP) is 9.05. The second-order valence-corrected chi connectivity index (χ2v) is 29.3. The van der Waals surface area contributed by atoms with E-state index in [1.54, 1.807) is 24.6 Å². The lowest BCUT2D eigenvalue weighted by atomic mass is 9.91. The molecule has 3 heterocycles. The van der Waals surface area contributed by atoms with E-state index in [0.29, 0.717) is 47.0 Å². The third kappa shape index (κ3) is 9.47. The molecule has 8 aromatic rings. The number of aromatic nitrogens is 3. The number of rotatable bonds is 20. The summed E-state index contributed by atoms with van der Waals surface area (Å²) in [6.45, 7) is 15.6. The van der Waals surface area contributed by atoms with Gasteiger partial charge in [0.05, 0.1) is 23.0 Å². The quantitative estimate of drug-likeness (QED) is 0.0571. The van der Waals surface area contributed by atoms with Crippen molar-refractivity contribution in [2.24, 2.45) is 0 Å². The van der Waals surface area contributed by atoms with Gasteiger partial charge in [-0.25, -0.2) is 14.3 Å². The summed E-state index contributed by atoms with van der Waals surface area (Å²) >= 11 is 1.25. The van der Waals surface area contributed by atoms with Gasteiger partial charge in [-0.2, -0.15) is 0 Å². The number of carbonyl (C=O) groups excluding carboxylic acids is 1. The van der Waals surface area contributed by atoms with Crippen molar-refractivity contribution in [3.8, 4) is 10.8 Å². The van der Waals surface area contributed by atoms with Crippen molar-refractivity contribution in [3.63, 3.8) is 0 Å². The average molecular weight is 1000 g/mol. The number of fused-ring (bicyclic) bond motifs is 1. The molecule has 0 saturated carbocycles. The van der Waals surface area contributed by atoms with Crippen LogP contribution in [0.15, 0.2) is 172 Å². The Kier molecular flexibility index (Phi) is 14.9. The molecule has 10 nitrogen and oxygen atoms in total. The first-order valence-electron chi connectivity index (χ1n) is 24.5. The summed E-state index contributed by atoms with van der Waals surface area (Å²) in [4.78, 5) is 77.3. The van der Waals surface area contributed by atoms with Gasteiger partial charge in [0.15, 0.2) is 5.78 Å². The topological polar surface area (TPSA) is 137 Å². The van der Waals surface area contributed by atoms with Gasteiger partial charge < -0.3 is 18.7 Å². The molecule has 0 radical (unpaired) electrons. The van der Waals surface area contributed by atoms with Crippen molar-refractivity contribution in [1.82, 2.24) is 14.1 Å². The maximum Gasteiger partial charge on any atom is 0.333 e. The van der Waals surface area contributed by atoms with Crippen LogP contribution in [0.25, 0.3) is 21.0 Å². The van der Waals surface area contributed by atoms with Crippen LogP contribution in [-0.2, 0) is 28.0 Å². The molecule has 8 rings (SSSR count). The predicted molar refractivity (Wildman–Crippen MR) is 292 cm³/mol. The zero-order valence-electron chi connectivity index (χ0n) is 42.0. The lowest BCUT2D eigenvalue weighted by Crippen LogP contribution is -2.66. The lowest BCUT2D eigenvalue weighted by Gasteiger charge is -2.42. The Hall–Kier alpha value is -6.07. The molecule has 0 aliphatic rings. The molecule has 0 saturated heterocycles. The highest BCUT2D eigenvalue weighted by Crippen LogP contribution is 2.43. The lowest BCUT2D eigenvalue weighted by molar-refractivity contribution is -0.127. The van der Waals surface area contributed by atoms with E-state index in [1.165, 1.54) is 17.6 Å². The van der Waals surface area contributed by atoms with Crippen molar-refractivity contribution >= 4 is 64.7 Å². The van der Waals surface area contributed by atoms with Crippen molar-refractivity contribution in [1.29, 1.82) is 0 Å². The first kappa shape index (κ1) is 51.3. The third-order valence-corrected chi connectivity index (χ3v) is 25.1. The molecule has 1 atom stereocenters. The fourth-order valence-electron chi connectivity index (χ4n) is 10.5. The molecule has 0 spiro atoms. The van der Waals surface area contributed by atoms with E-state index in [-0.39, 0.29) is 24.1 Å². The molecule has 1 unspecified atom stereocenters. The van der Waals surface area contributed by atoms with Crippen molar-refractivity contribution in [3.05, 3.63) is 196 Å². The van der Waals surface area contributed by atoms with Crippen LogP contribution in [-0.4, -0.2) is 52.7 Å². The standard InChI is InChI=1S/C58H65N3O7SSi2/c1-9-42-25-22-23-34-47(42)48(67-37-24-35-56(3,4)70(65,43-26-14-10-15-27-43)44-28-16-11-17-29-44)40-60-54-50(41(2)51(69-54)52-59-36-38-68-52)53(63)61(55(60)64)58(7,8)49(62)39-57(5,6)71(66,45-30-18-12-19-31-45)46-32-20-13-21-33-46/h10-23,25-34,36,38,48,65-66H,9,24,35,37,39-40H2,1-8H3. The van der Waals surface area contributed by atoms with Gasteiger partial charge in [0.25, 0.3) is 22.2 Å². The number of carbonyl (C=O) groups is 1. The highest BCUT2D eigenvalue weighted by Gasteiger charge is 2.53. The van der Waals surface area contributed by atoms with Gasteiger partial charge in [-0.15, -0.1) is 11.3 Å². The minimum absolute atomic E-state index is 0.0259. The summed E-state index contributed by atoms with van der Waals surface area (Å²) in [5.41, 5.74) is -0.355. The number of ether oxygens (including phenoxy) is 1. The van der Waals surface area contributed by atoms with Gasteiger partial charge >= 0.3 is 5.69 Å². The van der Waals surface area contributed by atoms with Crippen molar-refractivity contribution in [2.75, 3.05) is 6.61 Å². The van der Waals surface area contributed by atoms with E-state index < -0.39 is 49.6 Å². The first-order valence-corrected chi connectivity index (χ1v) is 29.2. The second kappa shape index (κ2) is 20.6. The zero-order chi connectivity index (χ0) is 50.8. The molecule has 0 aliphatic heterocycles. The molecular formula is C58H65N3O7SSi2. The van der Waals surface area contributed by atoms with Crippen molar-refractivity contribution in [2.45, 2.75) is 109 Å². The average Bonchev–Trinajstić information content (AvgIpc) is 4.04. The van der Waals surface area contributed by atoms with Crippen LogP contribution in [0, 0.1) is 6.92 Å². The van der Waals surface area contributed by atoms with Crippen LogP contribution in [0.5, 0.6) is 0 Å². The highest BCUT2D eigenvalue weighted by atomic mass is 32.1. The van der Waals surface area contributed by atoms with Crippen LogP contribution in [0.3, 0.4) is 0 Å². The normalized spacial score (nSPS) is 13.2. The number of hydrogen-bond donors (Lipinski definition) is 2. The maximum absolute atomic E-state index is 15.6. The number of benzene rings is 5. The van der Waals surface area contributed by atoms with Gasteiger partial charge in [0.1, 0.15) is 22.7 Å². The Labute approximate surface area is 422 Å². The number of nitrogens with zero attached hydrogens (tertiary/aromatic N) is 3. The molecule has 0 bridgehead atoms. The summed E-state index contributed by atoms with van der Waals surface area (Å²) in [5, 5.41) is 2.17. The van der Waals surface area contributed by atoms with Crippen LogP contribution < -0.4 is 32.0 Å². The molecule has 13 heteroatoms. The molecule has 71 heavy (non-hydrogen) atoms.